The first-order valence-electron chi connectivity index (χ1n) is 8.48. The molecule has 3 N–H and O–H groups in total. The van der Waals surface area contributed by atoms with Crippen LogP contribution in [0.1, 0.15) is 5.56 Å². The molecule has 2 aromatic carbocycles. The molecule has 0 saturated carbocycles. The van der Waals surface area contributed by atoms with E-state index in [0.29, 0.717) is 11.7 Å². The van der Waals surface area contributed by atoms with E-state index >= 15 is 0 Å². The Bertz CT molecular complexity index is 681. The van der Waals surface area contributed by atoms with Gasteiger partial charge >= 0.3 is 0 Å². The molecule has 1 fully saturated rings. The van der Waals surface area contributed by atoms with Crippen molar-refractivity contribution in [3.63, 3.8) is 0 Å². The molecule has 1 unspecified atom stereocenters. The highest BCUT2D eigenvalue weighted by Crippen LogP contribution is 2.07. The predicted octanol–water partition coefficient (Wildman–Crippen LogP) is 1.60. The lowest BCUT2D eigenvalue weighted by Crippen LogP contribution is -3.13. The zero-order valence-corrected chi connectivity index (χ0v) is 14.8. The Balaban J connectivity index is 1.43. The van der Waals surface area contributed by atoms with Crippen LogP contribution in [0.5, 0.6) is 0 Å². The van der Waals surface area contributed by atoms with Crippen molar-refractivity contribution in [3.8, 4) is 0 Å². The van der Waals surface area contributed by atoms with Crippen LogP contribution in [0.15, 0.2) is 54.6 Å². The van der Waals surface area contributed by atoms with Gasteiger partial charge in [-0.1, -0.05) is 30.3 Å². The highest BCUT2D eigenvalue weighted by atomic mass is 32.1. The Kier molecular flexibility index (Phi) is 6.33. The molecule has 0 aromatic heterocycles. The van der Waals surface area contributed by atoms with E-state index in [-0.39, 0.29) is 11.9 Å². The molecule has 25 heavy (non-hydrogen) atoms. The predicted molar refractivity (Wildman–Crippen MR) is 101 cm³/mol. The van der Waals surface area contributed by atoms with Gasteiger partial charge in [0.25, 0.3) is 0 Å². The molecule has 2 aromatic rings. The van der Waals surface area contributed by atoms with Gasteiger partial charge in [-0.05, 0) is 36.5 Å². The maximum Gasteiger partial charge on any atom is 0.170 e. The highest BCUT2D eigenvalue weighted by molar-refractivity contribution is 7.80. The number of ether oxygens (including phenoxy) is 1. The summed E-state index contributed by atoms with van der Waals surface area (Å²) in [4.78, 5) is 1.52. The first kappa shape index (κ1) is 17.8. The van der Waals surface area contributed by atoms with E-state index in [2.05, 4.69) is 34.9 Å². The van der Waals surface area contributed by atoms with E-state index in [4.69, 9.17) is 17.0 Å². The highest BCUT2D eigenvalue weighted by Gasteiger charge is 2.23. The van der Waals surface area contributed by atoms with E-state index < -0.39 is 0 Å². The second kappa shape index (κ2) is 8.89. The van der Waals surface area contributed by atoms with Crippen molar-refractivity contribution in [2.45, 2.75) is 12.6 Å². The van der Waals surface area contributed by atoms with Gasteiger partial charge < -0.3 is 20.3 Å². The third-order valence-corrected chi connectivity index (χ3v) is 4.46. The molecule has 0 spiro atoms. The molecule has 1 heterocycles. The number of rotatable bonds is 5. The van der Waals surface area contributed by atoms with Crippen LogP contribution < -0.4 is 15.5 Å². The third-order valence-electron chi connectivity index (χ3n) is 4.21. The van der Waals surface area contributed by atoms with E-state index in [1.165, 1.54) is 22.6 Å². The summed E-state index contributed by atoms with van der Waals surface area (Å²) >= 11 is 5.29. The molecule has 4 nitrogen and oxygen atoms in total. The number of benzene rings is 2. The number of thiocarbonyl (C=S) groups is 1. The van der Waals surface area contributed by atoms with Crippen molar-refractivity contribution >= 4 is 23.0 Å². The normalized spacial score (nSPS) is 20.0. The van der Waals surface area contributed by atoms with Crippen molar-refractivity contribution in [2.24, 2.45) is 0 Å². The summed E-state index contributed by atoms with van der Waals surface area (Å²) in [6.07, 6.45) is 0.125. The van der Waals surface area contributed by atoms with Crippen LogP contribution in [0.2, 0.25) is 0 Å². The Morgan fingerprint density at radius 2 is 1.92 bits per heavy atom. The molecule has 1 aliphatic heterocycles. The fraction of sp³-hybridized carbons (Fsp3) is 0.316. The van der Waals surface area contributed by atoms with Crippen LogP contribution in [0, 0.1) is 5.82 Å². The number of hydrogen-bond acceptors (Lipinski definition) is 2. The van der Waals surface area contributed by atoms with Crippen LogP contribution >= 0.6 is 12.2 Å². The number of anilines is 1. The zero-order valence-electron chi connectivity index (χ0n) is 14.0. The molecule has 0 radical (unpaired) electrons. The average Bonchev–Trinajstić information content (AvgIpc) is 2.63. The maximum atomic E-state index is 12.9. The van der Waals surface area contributed by atoms with Crippen LogP contribution in [0.3, 0.4) is 0 Å². The van der Waals surface area contributed by atoms with Gasteiger partial charge in [0.15, 0.2) is 5.11 Å². The zero-order chi connectivity index (χ0) is 17.5. The van der Waals surface area contributed by atoms with E-state index in [1.54, 1.807) is 12.1 Å². The third kappa shape index (κ3) is 5.77. The lowest BCUT2D eigenvalue weighted by atomic mass is 10.2. The molecule has 1 saturated heterocycles. The second-order valence-corrected chi connectivity index (χ2v) is 6.61. The Morgan fingerprint density at radius 3 is 2.68 bits per heavy atom. The monoisotopic (exact) mass is 360 g/mol. The summed E-state index contributed by atoms with van der Waals surface area (Å²) < 4.78 is 18.8. The van der Waals surface area contributed by atoms with Crippen molar-refractivity contribution < 1.29 is 14.0 Å². The fourth-order valence-corrected chi connectivity index (χ4v) is 3.15. The molecule has 0 aliphatic carbocycles. The first-order valence-corrected chi connectivity index (χ1v) is 8.89. The summed E-state index contributed by atoms with van der Waals surface area (Å²) in [5, 5.41) is 6.76. The lowest BCUT2D eigenvalue weighted by molar-refractivity contribution is -0.925. The van der Waals surface area contributed by atoms with Crippen LogP contribution in [0.25, 0.3) is 0 Å². The molecule has 0 amide bonds. The minimum Gasteiger partial charge on any atom is -0.365 e. The Morgan fingerprint density at radius 1 is 1.16 bits per heavy atom. The van der Waals surface area contributed by atoms with E-state index in [1.807, 2.05) is 6.07 Å². The summed E-state index contributed by atoms with van der Waals surface area (Å²) in [5.74, 6) is -0.262. The Labute approximate surface area is 153 Å². The van der Waals surface area contributed by atoms with Gasteiger partial charge in [-0.2, -0.15) is 0 Å². The summed E-state index contributed by atoms with van der Waals surface area (Å²) in [6.45, 7) is 4.39. The van der Waals surface area contributed by atoms with Gasteiger partial charge in [0.05, 0.1) is 6.61 Å². The lowest BCUT2D eigenvalue weighted by Gasteiger charge is -2.30. The summed E-state index contributed by atoms with van der Waals surface area (Å²) in [5.41, 5.74) is 2.11. The quantitative estimate of drug-likeness (QED) is 0.708. The summed E-state index contributed by atoms with van der Waals surface area (Å²) in [7, 11) is 0. The molecule has 2 atom stereocenters. The van der Waals surface area contributed by atoms with Crippen molar-refractivity contribution in [1.82, 2.24) is 5.32 Å². The molecular weight excluding hydrogens is 337 g/mol. The van der Waals surface area contributed by atoms with Gasteiger partial charge in [0, 0.05) is 17.8 Å². The number of nitrogens with one attached hydrogen (secondary N) is 3. The van der Waals surface area contributed by atoms with Gasteiger partial charge in [-0.15, -0.1) is 0 Å². The number of morpholine rings is 1. The molecule has 3 rings (SSSR count). The maximum absolute atomic E-state index is 12.9. The van der Waals surface area contributed by atoms with Crippen LogP contribution in [-0.2, 0) is 11.3 Å². The number of quaternary nitrogens is 1. The molecule has 0 bridgehead atoms. The molecule has 6 heteroatoms. The fourth-order valence-electron chi connectivity index (χ4n) is 2.94. The van der Waals surface area contributed by atoms with Gasteiger partial charge in [-0.3, -0.25) is 0 Å². The van der Waals surface area contributed by atoms with Gasteiger partial charge in [-0.25, -0.2) is 4.39 Å². The average molecular weight is 360 g/mol. The topological polar surface area (TPSA) is 37.7 Å². The largest absolute Gasteiger partial charge is 0.365 e. The van der Waals surface area contributed by atoms with Crippen molar-refractivity contribution in [3.05, 3.63) is 66.0 Å². The minimum atomic E-state index is -0.262. The molecular formula is C19H23FN3OS+. The number of hydrogen-bond donors (Lipinski definition) is 3. The molecule has 132 valence electrons. The van der Waals surface area contributed by atoms with Crippen LogP contribution in [-0.4, -0.2) is 37.5 Å². The minimum absolute atomic E-state index is 0.125. The van der Waals surface area contributed by atoms with Crippen LogP contribution in [0.4, 0.5) is 10.1 Å². The van der Waals surface area contributed by atoms with Gasteiger partial charge in [0.1, 0.15) is 31.6 Å². The SMILES string of the molecule is Fc1ccc(NC(=S)NC[C@H]2C[NH+](Cc3ccccc3)CCO2)cc1. The van der Waals surface area contributed by atoms with E-state index in [9.17, 15) is 4.39 Å². The standard InChI is InChI=1S/C19H22FN3OS/c20-16-6-8-17(9-7-16)22-19(25)21-12-18-14-23(10-11-24-18)13-15-4-2-1-3-5-15/h1-9,18H,10-14H2,(H2,21,22,25)/p+1/t18-/m0/s1. The van der Waals surface area contributed by atoms with E-state index in [0.717, 1.165) is 31.9 Å². The second-order valence-electron chi connectivity index (χ2n) is 6.20. The smallest absolute Gasteiger partial charge is 0.170 e. The van der Waals surface area contributed by atoms with Crippen molar-refractivity contribution in [1.29, 1.82) is 0 Å². The van der Waals surface area contributed by atoms with Crippen molar-refractivity contribution in [2.75, 3.05) is 31.6 Å². The van der Waals surface area contributed by atoms with Gasteiger partial charge in [0.2, 0.25) is 0 Å². The number of halogens is 1. The summed E-state index contributed by atoms with van der Waals surface area (Å²) in [6, 6.07) is 16.6. The molecule has 1 aliphatic rings. The Hall–Kier alpha value is -2.02. The first-order chi connectivity index (χ1) is 12.2.